The maximum Gasteiger partial charge on any atom is 0.179 e. The fourth-order valence-electron chi connectivity index (χ4n) is 2.27. The number of nitrogens with zero attached hydrogens (tertiary/aromatic N) is 1. The zero-order valence-corrected chi connectivity index (χ0v) is 15.5. The second kappa shape index (κ2) is 8.74. The van der Waals surface area contributed by atoms with Gasteiger partial charge in [0.2, 0.25) is 0 Å². The molecule has 0 aromatic heterocycles. The molecule has 0 atom stereocenters. The van der Waals surface area contributed by atoms with Crippen LogP contribution in [0.4, 0.5) is 5.69 Å². The standard InChI is InChI=1S/C20H24ClNO2/c1-5-9-24-20-17(21)11-16(12-19(20)23-6-2)13-22-18-10-14(3)7-8-15(18)4/h7-8,10-13H,5-6,9H2,1-4H3. The summed E-state index contributed by atoms with van der Waals surface area (Å²) in [7, 11) is 0. The number of benzene rings is 2. The number of rotatable bonds is 7. The maximum absolute atomic E-state index is 6.38. The smallest absolute Gasteiger partial charge is 0.179 e. The third-order valence-electron chi connectivity index (χ3n) is 3.50. The lowest BCUT2D eigenvalue weighted by Gasteiger charge is -2.13. The highest BCUT2D eigenvalue weighted by molar-refractivity contribution is 6.32. The van der Waals surface area contributed by atoms with Gasteiger partial charge in [0.05, 0.1) is 23.9 Å². The minimum absolute atomic E-state index is 0.539. The van der Waals surface area contributed by atoms with E-state index < -0.39 is 0 Å². The predicted octanol–water partition coefficient (Wildman–Crippen LogP) is 5.89. The summed E-state index contributed by atoms with van der Waals surface area (Å²) in [5.74, 6) is 1.25. The van der Waals surface area contributed by atoms with Gasteiger partial charge in [0.1, 0.15) is 0 Å². The van der Waals surface area contributed by atoms with Gasteiger partial charge in [-0.2, -0.15) is 0 Å². The Morgan fingerprint density at radius 2 is 1.88 bits per heavy atom. The molecule has 0 spiro atoms. The van der Waals surface area contributed by atoms with E-state index in [0.717, 1.165) is 23.2 Å². The summed E-state index contributed by atoms with van der Waals surface area (Å²) in [6.45, 7) is 9.26. The number of hydrogen-bond donors (Lipinski definition) is 0. The highest BCUT2D eigenvalue weighted by atomic mass is 35.5. The van der Waals surface area contributed by atoms with E-state index in [0.29, 0.717) is 29.7 Å². The molecule has 0 fully saturated rings. The van der Waals surface area contributed by atoms with Gasteiger partial charge in [-0.3, -0.25) is 4.99 Å². The zero-order chi connectivity index (χ0) is 17.5. The van der Waals surface area contributed by atoms with Crippen LogP contribution in [0.3, 0.4) is 0 Å². The van der Waals surface area contributed by atoms with Gasteiger partial charge in [-0.25, -0.2) is 0 Å². The molecule has 0 radical (unpaired) electrons. The maximum atomic E-state index is 6.38. The molecule has 0 bridgehead atoms. The Morgan fingerprint density at radius 3 is 2.58 bits per heavy atom. The minimum Gasteiger partial charge on any atom is -0.490 e. The highest BCUT2D eigenvalue weighted by Crippen LogP contribution is 2.36. The first-order valence-electron chi connectivity index (χ1n) is 8.25. The zero-order valence-electron chi connectivity index (χ0n) is 14.7. The molecule has 0 unspecified atom stereocenters. The van der Waals surface area contributed by atoms with Gasteiger partial charge in [-0.05, 0) is 62.1 Å². The molecule has 0 amide bonds. The monoisotopic (exact) mass is 345 g/mol. The average molecular weight is 346 g/mol. The Kier molecular flexibility index (Phi) is 6.68. The third-order valence-corrected chi connectivity index (χ3v) is 3.78. The normalized spacial score (nSPS) is 11.0. The molecule has 0 saturated heterocycles. The fraction of sp³-hybridized carbons (Fsp3) is 0.350. The Labute approximate surface area is 149 Å². The van der Waals surface area contributed by atoms with Crippen molar-refractivity contribution in [2.75, 3.05) is 13.2 Å². The molecule has 128 valence electrons. The number of hydrogen-bond acceptors (Lipinski definition) is 3. The summed E-state index contributed by atoms with van der Waals surface area (Å²) in [4.78, 5) is 4.59. The van der Waals surface area contributed by atoms with E-state index in [1.165, 1.54) is 5.56 Å². The molecule has 2 aromatic carbocycles. The lowest BCUT2D eigenvalue weighted by atomic mass is 10.1. The first kappa shape index (κ1) is 18.3. The van der Waals surface area contributed by atoms with E-state index in [-0.39, 0.29) is 0 Å². The van der Waals surface area contributed by atoms with Crippen LogP contribution in [-0.4, -0.2) is 19.4 Å². The van der Waals surface area contributed by atoms with Gasteiger partial charge in [-0.1, -0.05) is 30.7 Å². The Balaban J connectivity index is 2.33. The lowest BCUT2D eigenvalue weighted by molar-refractivity contribution is 0.277. The number of aryl methyl sites for hydroxylation is 2. The fourth-order valence-corrected chi connectivity index (χ4v) is 2.55. The van der Waals surface area contributed by atoms with Crippen molar-refractivity contribution in [2.24, 2.45) is 4.99 Å². The van der Waals surface area contributed by atoms with E-state index in [9.17, 15) is 0 Å². The Hall–Kier alpha value is -2.00. The summed E-state index contributed by atoms with van der Waals surface area (Å²) in [5.41, 5.74) is 4.16. The van der Waals surface area contributed by atoms with Crippen molar-refractivity contribution < 1.29 is 9.47 Å². The Bertz CT molecular complexity index is 726. The molecule has 2 rings (SSSR count). The van der Waals surface area contributed by atoms with E-state index in [2.05, 4.69) is 37.0 Å². The molecule has 0 N–H and O–H groups in total. The van der Waals surface area contributed by atoms with Crippen LogP contribution in [-0.2, 0) is 0 Å². The molecular formula is C20H24ClNO2. The first-order valence-corrected chi connectivity index (χ1v) is 8.63. The summed E-state index contributed by atoms with van der Waals surface area (Å²) >= 11 is 6.38. The van der Waals surface area contributed by atoms with Gasteiger partial charge < -0.3 is 9.47 Å². The topological polar surface area (TPSA) is 30.8 Å². The SMILES string of the molecule is CCCOc1c(Cl)cc(C=Nc2cc(C)ccc2C)cc1OCC. The van der Waals surface area contributed by atoms with E-state index in [1.807, 2.05) is 26.0 Å². The quantitative estimate of drug-likeness (QED) is 0.585. The van der Waals surface area contributed by atoms with Crippen LogP contribution in [0.2, 0.25) is 5.02 Å². The summed E-state index contributed by atoms with van der Waals surface area (Å²) in [5, 5.41) is 0.539. The van der Waals surface area contributed by atoms with Crippen LogP contribution in [0.5, 0.6) is 11.5 Å². The van der Waals surface area contributed by atoms with Crippen LogP contribution in [0.25, 0.3) is 0 Å². The summed E-state index contributed by atoms with van der Waals surface area (Å²) < 4.78 is 11.4. The van der Waals surface area contributed by atoms with Crippen molar-refractivity contribution in [1.82, 2.24) is 0 Å². The number of halogens is 1. The van der Waals surface area contributed by atoms with Crippen molar-refractivity contribution in [3.05, 3.63) is 52.0 Å². The van der Waals surface area contributed by atoms with Crippen LogP contribution < -0.4 is 9.47 Å². The second-order valence-corrected chi connectivity index (χ2v) is 6.07. The van der Waals surface area contributed by atoms with Gasteiger partial charge in [-0.15, -0.1) is 0 Å². The van der Waals surface area contributed by atoms with Crippen molar-refractivity contribution >= 4 is 23.5 Å². The molecule has 3 nitrogen and oxygen atoms in total. The molecule has 0 aliphatic heterocycles. The second-order valence-electron chi connectivity index (χ2n) is 5.66. The molecular weight excluding hydrogens is 322 g/mol. The molecule has 24 heavy (non-hydrogen) atoms. The van der Waals surface area contributed by atoms with Gasteiger partial charge in [0.25, 0.3) is 0 Å². The highest BCUT2D eigenvalue weighted by Gasteiger charge is 2.12. The minimum atomic E-state index is 0.539. The summed E-state index contributed by atoms with van der Waals surface area (Å²) in [6, 6.07) is 9.98. The molecule has 0 saturated carbocycles. The molecule has 0 aliphatic rings. The lowest BCUT2D eigenvalue weighted by Crippen LogP contribution is -2.01. The van der Waals surface area contributed by atoms with Crippen molar-refractivity contribution in [3.63, 3.8) is 0 Å². The number of aliphatic imine (C=N–C) groups is 1. The van der Waals surface area contributed by atoms with Crippen LogP contribution in [0.15, 0.2) is 35.3 Å². The average Bonchev–Trinajstić information content (AvgIpc) is 2.55. The van der Waals surface area contributed by atoms with Gasteiger partial charge in [0, 0.05) is 6.21 Å². The first-order chi connectivity index (χ1) is 11.5. The van der Waals surface area contributed by atoms with Gasteiger partial charge in [0.15, 0.2) is 11.5 Å². The van der Waals surface area contributed by atoms with Crippen LogP contribution >= 0.6 is 11.6 Å². The van der Waals surface area contributed by atoms with Crippen molar-refractivity contribution in [2.45, 2.75) is 34.1 Å². The van der Waals surface area contributed by atoms with E-state index in [1.54, 1.807) is 6.21 Å². The van der Waals surface area contributed by atoms with E-state index in [4.69, 9.17) is 21.1 Å². The summed E-state index contributed by atoms with van der Waals surface area (Å²) in [6.07, 6.45) is 2.72. The predicted molar refractivity (Wildman–Crippen MR) is 102 cm³/mol. The molecule has 2 aromatic rings. The third kappa shape index (κ3) is 4.75. The van der Waals surface area contributed by atoms with E-state index >= 15 is 0 Å². The van der Waals surface area contributed by atoms with Crippen LogP contribution in [0, 0.1) is 13.8 Å². The van der Waals surface area contributed by atoms with Crippen molar-refractivity contribution in [1.29, 1.82) is 0 Å². The molecule has 0 aliphatic carbocycles. The van der Waals surface area contributed by atoms with Crippen molar-refractivity contribution in [3.8, 4) is 11.5 Å². The largest absolute Gasteiger partial charge is 0.490 e. The molecule has 4 heteroatoms. The van der Waals surface area contributed by atoms with Gasteiger partial charge >= 0.3 is 0 Å². The Morgan fingerprint density at radius 1 is 1.08 bits per heavy atom. The molecule has 0 heterocycles. The van der Waals surface area contributed by atoms with Crippen LogP contribution in [0.1, 0.15) is 37.0 Å². The number of ether oxygens (including phenoxy) is 2.